The fourth-order valence-corrected chi connectivity index (χ4v) is 10.2. The van der Waals surface area contributed by atoms with E-state index in [1.807, 2.05) is 42.5 Å². The third kappa shape index (κ3) is 4.90. The Balaban J connectivity index is 1.54. The van der Waals surface area contributed by atoms with Crippen molar-refractivity contribution in [2.75, 3.05) is 31.2 Å². The highest BCUT2D eigenvalue weighted by atomic mass is 79.9. The summed E-state index contributed by atoms with van der Waals surface area (Å²) in [6, 6.07) is 13.1. The van der Waals surface area contributed by atoms with E-state index in [2.05, 4.69) is 29.1 Å². The van der Waals surface area contributed by atoms with Crippen LogP contribution in [0, 0.1) is 11.8 Å². The molecule has 3 fully saturated rings. The van der Waals surface area contributed by atoms with Gasteiger partial charge in [0.15, 0.2) is 0 Å². The Morgan fingerprint density at radius 3 is 2.67 bits per heavy atom. The SMILES string of the molecule is C=CCCOC(=O)[C@H]1[C@@H]2SC3(CC2Br)C(C(=O)N(CC=C)c2ccc4ccccc4c2)N(CCCCO)C(=O)[C@H]13. The molecule has 2 aromatic rings. The molecule has 6 atom stereocenters. The van der Waals surface area contributed by atoms with E-state index in [0.717, 1.165) is 16.5 Å². The van der Waals surface area contributed by atoms with Gasteiger partial charge in [0.05, 0.1) is 23.2 Å². The maximum absolute atomic E-state index is 14.7. The van der Waals surface area contributed by atoms with Gasteiger partial charge in [0.25, 0.3) is 5.91 Å². The van der Waals surface area contributed by atoms with Crippen LogP contribution in [0.2, 0.25) is 0 Å². The highest BCUT2D eigenvalue weighted by molar-refractivity contribution is 9.09. The first-order valence-electron chi connectivity index (χ1n) is 13.8. The molecule has 212 valence electrons. The summed E-state index contributed by atoms with van der Waals surface area (Å²) < 4.78 is 4.83. The molecule has 2 bridgehead atoms. The maximum Gasteiger partial charge on any atom is 0.310 e. The average molecular weight is 628 g/mol. The molecule has 2 amide bonds. The molecule has 9 heteroatoms. The summed E-state index contributed by atoms with van der Waals surface area (Å²) in [5.74, 6) is -2.01. The van der Waals surface area contributed by atoms with Crippen LogP contribution in [0.25, 0.3) is 10.8 Å². The van der Waals surface area contributed by atoms with E-state index < -0.39 is 22.6 Å². The minimum absolute atomic E-state index is 0.00739. The van der Waals surface area contributed by atoms with Gasteiger partial charge in [-0.2, -0.15) is 0 Å². The summed E-state index contributed by atoms with van der Waals surface area (Å²) in [4.78, 5) is 45.5. The standard InChI is InChI=1S/C31H35BrN2O5S/c1-3-5-17-39-30(38)24-25-28(36)34(15-8-9-16-35)27(31(25)19-23(32)26(24)40-31)29(37)33(14-4-2)22-13-12-20-10-6-7-11-21(20)18-22/h3-4,6-7,10-13,18,23-27,35H,1-2,5,8-9,14-17,19H2/t23?,24-,25+,26-,27?,31?/m1/s1. The Morgan fingerprint density at radius 2 is 1.95 bits per heavy atom. The number of aliphatic hydroxyl groups is 1. The number of likely N-dealkylation sites (tertiary alicyclic amines) is 1. The third-order valence-corrected chi connectivity index (χ3v) is 11.5. The molecule has 1 spiro atoms. The van der Waals surface area contributed by atoms with Crippen molar-refractivity contribution < 1.29 is 24.2 Å². The number of nitrogens with zero attached hydrogens (tertiary/aromatic N) is 2. The lowest BCUT2D eigenvalue weighted by atomic mass is 9.71. The van der Waals surface area contributed by atoms with Crippen LogP contribution in [0.1, 0.15) is 25.7 Å². The number of amides is 2. The van der Waals surface area contributed by atoms with Crippen molar-refractivity contribution in [3.63, 3.8) is 0 Å². The van der Waals surface area contributed by atoms with Crippen LogP contribution in [0.5, 0.6) is 0 Å². The summed E-state index contributed by atoms with van der Waals surface area (Å²) in [5, 5.41) is 11.3. The normalized spacial score (nSPS) is 28.5. The summed E-state index contributed by atoms with van der Waals surface area (Å²) in [7, 11) is 0. The number of carbonyl (C=O) groups excluding carboxylic acids is 3. The molecule has 40 heavy (non-hydrogen) atoms. The Morgan fingerprint density at radius 1 is 1.18 bits per heavy atom. The first kappa shape index (κ1) is 28.9. The molecule has 2 aromatic carbocycles. The lowest BCUT2D eigenvalue weighted by Gasteiger charge is -2.38. The number of unbranched alkanes of at least 4 members (excludes halogenated alkanes) is 1. The minimum Gasteiger partial charge on any atom is -0.465 e. The quantitative estimate of drug-likeness (QED) is 0.159. The molecule has 1 N–H and O–H groups in total. The Bertz CT molecular complexity index is 1320. The van der Waals surface area contributed by atoms with Crippen molar-refractivity contribution in [2.24, 2.45) is 11.8 Å². The first-order chi connectivity index (χ1) is 19.4. The number of ether oxygens (including phenoxy) is 1. The van der Waals surface area contributed by atoms with Gasteiger partial charge < -0.3 is 19.6 Å². The second-order valence-electron chi connectivity index (χ2n) is 10.6. The van der Waals surface area contributed by atoms with Crippen molar-refractivity contribution in [1.82, 2.24) is 4.90 Å². The van der Waals surface area contributed by atoms with Crippen molar-refractivity contribution >= 4 is 61.9 Å². The fraction of sp³-hybridized carbons (Fsp3) is 0.452. The topological polar surface area (TPSA) is 87.2 Å². The van der Waals surface area contributed by atoms with Crippen LogP contribution in [0.15, 0.2) is 67.8 Å². The zero-order valence-corrected chi connectivity index (χ0v) is 24.8. The highest BCUT2D eigenvalue weighted by Crippen LogP contribution is 2.68. The van der Waals surface area contributed by atoms with Crippen LogP contribution >= 0.6 is 27.7 Å². The van der Waals surface area contributed by atoms with E-state index in [-0.39, 0.29) is 47.6 Å². The van der Waals surface area contributed by atoms with Gasteiger partial charge >= 0.3 is 5.97 Å². The van der Waals surface area contributed by atoms with Gasteiger partial charge in [-0.05, 0) is 48.6 Å². The lowest BCUT2D eigenvalue weighted by Crippen LogP contribution is -2.55. The molecule has 7 nitrogen and oxygen atoms in total. The van der Waals surface area contributed by atoms with Gasteiger partial charge in [0.1, 0.15) is 6.04 Å². The predicted octanol–water partition coefficient (Wildman–Crippen LogP) is 4.72. The van der Waals surface area contributed by atoms with Crippen LogP contribution in [0.4, 0.5) is 5.69 Å². The van der Waals surface area contributed by atoms with Gasteiger partial charge in [-0.15, -0.1) is 24.9 Å². The number of hydrogen-bond donors (Lipinski definition) is 1. The molecule has 5 rings (SSSR count). The van der Waals surface area contributed by atoms with E-state index >= 15 is 0 Å². The largest absolute Gasteiger partial charge is 0.465 e. The molecule has 0 saturated carbocycles. The minimum atomic E-state index is -0.759. The second kappa shape index (κ2) is 12.1. The van der Waals surface area contributed by atoms with Crippen molar-refractivity contribution in [3.05, 3.63) is 67.8 Å². The molecule has 0 aliphatic carbocycles. The fourth-order valence-electron chi connectivity index (χ4n) is 6.60. The van der Waals surface area contributed by atoms with Crippen molar-refractivity contribution in [3.8, 4) is 0 Å². The van der Waals surface area contributed by atoms with E-state index in [4.69, 9.17) is 4.74 Å². The number of alkyl halides is 1. The van der Waals surface area contributed by atoms with Crippen LogP contribution in [0.3, 0.4) is 0 Å². The summed E-state index contributed by atoms with van der Waals surface area (Å²) in [6.07, 6.45) is 5.61. The summed E-state index contributed by atoms with van der Waals surface area (Å²) >= 11 is 5.39. The number of carbonyl (C=O) groups is 3. The lowest BCUT2D eigenvalue weighted by molar-refractivity contribution is -0.154. The van der Waals surface area contributed by atoms with Crippen molar-refractivity contribution in [1.29, 1.82) is 0 Å². The number of esters is 1. The number of halogens is 1. The number of benzene rings is 2. The average Bonchev–Trinajstić information content (AvgIpc) is 3.54. The maximum atomic E-state index is 14.7. The van der Waals surface area contributed by atoms with Gasteiger partial charge in [-0.3, -0.25) is 14.4 Å². The van der Waals surface area contributed by atoms with E-state index in [9.17, 15) is 19.5 Å². The van der Waals surface area contributed by atoms with Gasteiger partial charge in [0, 0.05) is 35.5 Å². The molecule has 0 radical (unpaired) electrons. The van der Waals surface area contributed by atoms with Crippen LogP contribution in [-0.4, -0.2) is 75.0 Å². The van der Waals surface area contributed by atoms with Gasteiger partial charge in [0.2, 0.25) is 5.91 Å². The van der Waals surface area contributed by atoms with Crippen LogP contribution < -0.4 is 4.90 Å². The first-order valence-corrected chi connectivity index (χ1v) is 15.6. The predicted molar refractivity (Wildman–Crippen MR) is 163 cm³/mol. The summed E-state index contributed by atoms with van der Waals surface area (Å²) in [6.45, 7) is 8.44. The summed E-state index contributed by atoms with van der Waals surface area (Å²) in [5.41, 5.74) is 0.736. The molecule has 3 unspecified atom stereocenters. The molecule has 0 aromatic heterocycles. The molecular formula is C31H35BrN2O5S. The smallest absolute Gasteiger partial charge is 0.310 e. The zero-order chi connectivity index (χ0) is 28.4. The number of fused-ring (bicyclic) bond motifs is 2. The Labute approximate surface area is 247 Å². The highest BCUT2D eigenvalue weighted by Gasteiger charge is 2.76. The number of aliphatic hydroxyl groups excluding tert-OH is 1. The van der Waals surface area contributed by atoms with Gasteiger partial charge in [-0.25, -0.2) is 0 Å². The number of hydrogen-bond acceptors (Lipinski definition) is 6. The Kier molecular flexibility index (Phi) is 8.73. The van der Waals surface area contributed by atoms with E-state index in [1.54, 1.807) is 33.7 Å². The molecular weight excluding hydrogens is 592 g/mol. The number of rotatable bonds is 12. The van der Waals surface area contributed by atoms with Crippen molar-refractivity contribution in [2.45, 2.75) is 46.5 Å². The monoisotopic (exact) mass is 626 g/mol. The van der Waals surface area contributed by atoms with Gasteiger partial charge in [-0.1, -0.05) is 58.4 Å². The molecule has 3 aliphatic heterocycles. The Hall–Kier alpha value is -2.62. The number of thioether (sulfide) groups is 1. The second-order valence-corrected chi connectivity index (χ2v) is 13.4. The molecule has 3 saturated heterocycles. The number of anilines is 1. The molecule has 3 aliphatic rings. The zero-order valence-electron chi connectivity index (χ0n) is 22.4. The molecule has 3 heterocycles. The van der Waals surface area contributed by atoms with E-state index in [0.29, 0.717) is 32.2 Å². The third-order valence-electron chi connectivity index (χ3n) is 8.29. The van der Waals surface area contributed by atoms with Crippen LogP contribution in [-0.2, 0) is 19.1 Å². The van der Waals surface area contributed by atoms with E-state index in [1.165, 1.54) is 0 Å².